The van der Waals surface area contributed by atoms with Gasteiger partial charge in [-0.3, -0.25) is 0 Å². The van der Waals surface area contributed by atoms with Crippen LogP contribution in [-0.4, -0.2) is 46.8 Å². The Hall–Kier alpha value is -4.66. The maximum absolute atomic E-state index is 12.4. The number of aromatic nitrogens is 3. The third kappa shape index (κ3) is 5.05. The third-order valence-electron chi connectivity index (χ3n) is 5.36. The summed E-state index contributed by atoms with van der Waals surface area (Å²) in [5.41, 5.74) is 3.07. The summed E-state index contributed by atoms with van der Waals surface area (Å²) in [6.45, 7) is 3.57. The average Bonchev–Trinajstić information content (AvgIpc) is 3.30. The van der Waals surface area contributed by atoms with Gasteiger partial charge < -0.3 is 24.1 Å². The number of esters is 2. The van der Waals surface area contributed by atoms with Gasteiger partial charge in [0.25, 0.3) is 0 Å². The first-order valence-corrected chi connectivity index (χ1v) is 11.4. The first-order valence-electron chi connectivity index (χ1n) is 11.4. The summed E-state index contributed by atoms with van der Waals surface area (Å²) in [5.74, 6) is -0.413. The van der Waals surface area contributed by atoms with Gasteiger partial charge in [-0.15, -0.1) is 0 Å². The second-order valence-corrected chi connectivity index (χ2v) is 7.54. The molecular weight excluding hydrogens is 460 g/mol. The number of nitrogens with zero attached hydrogens (tertiary/aromatic N) is 3. The fourth-order valence-electron chi connectivity index (χ4n) is 3.71. The van der Waals surface area contributed by atoms with Crippen molar-refractivity contribution in [2.75, 3.05) is 25.6 Å². The number of benzene rings is 2. The van der Waals surface area contributed by atoms with Crippen LogP contribution in [0.15, 0.2) is 78.9 Å². The van der Waals surface area contributed by atoms with Crippen LogP contribution in [0.5, 0.6) is 5.75 Å². The second-order valence-electron chi connectivity index (χ2n) is 7.54. The van der Waals surface area contributed by atoms with Crippen molar-refractivity contribution >= 4 is 28.8 Å². The zero-order chi connectivity index (χ0) is 25.5. The van der Waals surface area contributed by atoms with Crippen LogP contribution in [0.25, 0.3) is 27.8 Å². The van der Waals surface area contributed by atoms with Crippen molar-refractivity contribution in [3.8, 4) is 22.6 Å². The van der Waals surface area contributed by atoms with Crippen molar-refractivity contribution in [3.05, 3.63) is 78.9 Å². The highest BCUT2D eigenvalue weighted by atomic mass is 16.6. The van der Waals surface area contributed by atoms with Crippen LogP contribution in [0.4, 0.5) is 5.82 Å². The Bertz CT molecular complexity index is 1380. The lowest BCUT2D eigenvalue weighted by atomic mass is 10.1. The summed E-state index contributed by atoms with van der Waals surface area (Å²) in [4.78, 5) is 33.7. The Morgan fingerprint density at radius 1 is 0.944 bits per heavy atom. The van der Waals surface area contributed by atoms with E-state index in [4.69, 9.17) is 14.2 Å². The minimum absolute atomic E-state index is 0.121. The fraction of sp³-hybridized carbons (Fsp3) is 0.185. The lowest BCUT2D eigenvalue weighted by Crippen LogP contribution is -2.19. The summed E-state index contributed by atoms with van der Waals surface area (Å²) in [6.07, 6.45) is 4.65. The molecule has 0 aliphatic rings. The Morgan fingerprint density at radius 2 is 1.61 bits per heavy atom. The number of carbonyl (C=O) groups is 2. The predicted octanol–water partition coefficient (Wildman–Crippen LogP) is 4.52. The molecular formula is C27H26N4O5. The van der Waals surface area contributed by atoms with Gasteiger partial charge in [0.15, 0.2) is 11.2 Å². The van der Waals surface area contributed by atoms with E-state index in [1.165, 1.54) is 12.5 Å². The smallest absolute Gasteiger partial charge is 0.347 e. The molecule has 0 spiro atoms. The molecule has 0 aliphatic carbocycles. The normalized spacial score (nSPS) is 10.5. The molecule has 0 atom stereocenters. The quantitative estimate of drug-likeness (QED) is 0.159. The zero-order valence-corrected chi connectivity index (χ0v) is 20.2. The summed E-state index contributed by atoms with van der Waals surface area (Å²) in [6, 6.07) is 17.4. The summed E-state index contributed by atoms with van der Waals surface area (Å²) in [7, 11) is 1.62. The maximum atomic E-state index is 12.4. The number of fused-ring (bicyclic) bond motifs is 1. The highest BCUT2D eigenvalue weighted by molar-refractivity contribution is 6.14. The van der Waals surface area contributed by atoms with E-state index in [1.807, 2.05) is 65.4 Å². The van der Waals surface area contributed by atoms with Gasteiger partial charge in [-0.05, 0) is 43.7 Å². The summed E-state index contributed by atoms with van der Waals surface area (Å²) < 4.78 is 17.3. The van der Waals surface area contributed by atoms with Gasteiger partial charge in [-0.25, -0.2) is 19.6 Å². The minimum atomic E-state index is -0.784. The van der Waals surface area contributed by atoms with Crippen LogP contribution >= 0.6 is 0 Å². The average molecular weight is 487 g/mol. The molecule has 36 heavy (non-hydrogen) atoms. The molecule has 0 radical (unpaired) electrons. The van der Waals surface area contributed by atoms with E-state index in [0.29, 0.717) is 16.9 Å². The molecule has 9 nitrogen and oxygen atoms in total. The predicted molar refractivity (Wildman–Crippen MR) is 136 cm³/mol. The van der Waals surface area contributed by atoms with Crippen molar-refractivity contribution in [2.45, 2.75) is 13.8 Å². The Morgan fingerprint density at radius 3 is 2.22 bits per heavy atom. The molecule has 0 bridgehead atoms. The molecule has 0 fully saturated rings. The number of hydrogen-bond donors (Lipinski definition) is 1. The molecule has 2 aromatic carbocycles. The van der Waals surface area contributed by atoms with Crippen molar-refractivity contribution in [2.24, 2.45) is 0 Å². The molecule has 0 saturated heterocycles. The van der Waals surface area contributed by atoms with Crippen molar-refractivity contribution in [1.29, 1.82) is 0 Å². The molecule has 4 rings (SSSR count). The number of carbonyl (C=O) groups excluding carboxylic acids is 2. The van der Waals surface area contributed by atoms with E-state index >= 15 is 0 Å². The summed E-state index contributed by atoms with van der Waals surface area (Å²) >= 11 is 0. The molecule has 9 heteroatoms. The zero-order valence-electron chi connectivity index (χ0n) is 20.2. The van der Waals surface area contributed by atoms with Gasteiger partial charge in [0.2, 0.25) is 0 Å². The fourth-order valence-corrected chi connectivity index (χ4v) is 3.71. The Labute approximate surface area is 208 Å². The van der Waals surface area contributed by atoms with E-state index in [2.05, 4.69) is 15.3 Å². The van der Waals surface area contributed by atoms with Crippen LogP contribution < -0.4 is 10.1 Å². The molecule has 1 N–H and O–H groups in total. The van der Waals surface area contributed by atoms with Gasteiger partial charge in [0.05, 0.1) is 25.7 Å². The molecule has 2 heterocycles. The van der Waals surface area contributed by atoms with Gasteiger partial charge in [-0.2, -0.15) is 0 Å². The first-order chi connectivity index (χ1) is 17.6. The SMILES string of the molecule is CCOC(=O)C(=CNc1ncnc2c1c(-c1ccccc1)cn2-c1ccc(OC)cc1)C(=O)OCC. The van der Waals surface area contributed by atoms with Gasteiger partial charge >= 0.3 is 11.9 Å². The van der Waals surface area contributed by atoms with E-state index in [-0.39, 0.29) is 18.8 Å². The van der Waals surface area contributed by atoms with E-state index in [9.17, 15) is 9.59 Å². The lowest BCUT2D eigenvalue weighted by Gasteiger charge is -2.09. The number of rotatable bonds is 9. The first kappa shape index (κ1) is 24.5. The van der Waals surface area contributed by atoms with Crippen molar-refractivity contribution in [3.63, 3.8) is 0 Å². The number of methoxy groups -OCH3 is 1. The molecule has 0 unspecified atom stereocenters. The van der Waals surface area contributed by atoms with Crippen LogP contribution in [0.1, 0.15) is 13.8 Å². The molecule has 2 aromatic heterocycles. The maximum Gasteiger partial charge on any atom is 0.347 e. The second kappa shape index (κ2) is 11.2. The molecule has 0 aliphatic heterocycles. The number of anilines is 1. The number of nitrogens with one attached hydrogen (secondary N) is 1. The van der Waals surface area contributed by atoms with Gasteiger partial charge in [-0.1, -0.05) is 30.3 Å². The Kier molecular flexibility index (Phi) is 7.60. The standard InChI is InChI=1S/C27H26N4O5/c1-4-35-26(32)21(27(33)36-5-2)15-28-24-23-22(18-9-7-6-8-10-18)16-31(25(23)30-17-29-24)19-11-13-20(34-3)14-12-19/h6-17H,4-5H2,1-3H3,(H,28,29,30). The van der Waals surface area contributed by atoms with Crippen molar-refractivity contribution < 1.29 is 23.8 Å². The van der Waals surface area contributed by atoms with Crippen molar-refractivity contribution in [1.82, 2.24) is 14.5 Å². The van der Waals surface area contributed by atoms with Crippen LogP contribution in [0.2, 0.25) is 0 Å². The number of ether oxygens (including phenoxy) is 3. The van der Waals surface area contributed by atoms with E-state index in [1.54, 1.807) is 21.0 Å². The van der Waals surface area contributed by atoms with Crippen LogP contribution in [0.3, 0.4) is 0 Å². The lowest BCUT2D eigenvalue weighted by molar-refractivity contribution is -0.146. The van der Waals surface area contributed by atoms with E-state index < -0.39 is 11.9 Å². The van der Waals surface area contributed by atoms with Crippen LogP contribution in [-0.2, 0) is 19.1 Å². The highest BCUT2D eigenvalue weighted by Gasteiger charge is 2.22. The topological polar surface area (TPSA) is 105 Å². The number of hydrogen-bond acceptors (Lipinski definition) is 8. The molecule has 0 amide bonds. The molecule has 4 aromatic rings. The van der Waals surface area contributed by atoms with Crippen LogP contribution in [0, 0.1) is 0 Å². The largest absolute Gasteiger partial charge is 0.497 e. The monoisotopic (exact) mass is 486 g/mol. The van der Waals surface area contributed by atoms with Gasteiger partial charge in [0, 0.05) is 23.6 Å². The summed E-state index contributed by atoms with van der Waals surface area (Å²) in [5, 5.41) is 3.72. The highest BCUT2D eigenvalue weighted by Crippen LogP contribution is 2.35. The third-order valence-corrected chi connectivity index (χ3v) is 5.36. The minimum Gasteiger partial charge on any atom is -0.497 e. The van der Waals surface area contributed by atoms with E-state index in [0.717, 1.165) is 22.6 Å². The van der Waals surface area contributed by atoms with Gasteiger partial charge in [0.1, 0.15) is 17.9 Å². The Balaban J connectivity index is 1.86. The molecule has 0 saturated carbocycles. The molecule has 184 valence electrons.